The van der Waals surface area contributed by atoms with Crippen LogP contribution in [0.15, 0.2) is 47.4 Å². The maximum atomic E-state index is 13.1. The minimum Gasteiger partial charge on any atom is -0.372 e. The lowest BCUT2D eigenvalue weighted by Gasteiger charge is -2.32. The van der Waals surface area contributed by atoms with Gasteiger partial charge in [0.15, 0.2) is 5.75 Å². The normalized spacial score (nSPS) is 12.0. The van der Waals surface area contributed by atoms with Crippen molar-refractivity contribution in [3.8, 4) is 5.75 Å². The lowest BCUT2D eigenvalue weighted by molar-refractivity contribution is -0.122. The standard InChI is InChI=1S/C26H37NO2S2/c1-8-13-24(28)27(21-14-11-12-15-23(21)31-30)29-22-17-16-19(25(4,5)9-2)18-20(22)26(6,7)10-3/h11-12,14-18,30H,8-10,13H2,1-7H3. The summed E-state index contributed by atoms with van der Waals surface area (Å²) in [6.45, 7) is 15.4. The zero-order valence-electron chi connectivity index (χ0n) is 20.0. The molecular formula is C26H37NO2S2. The van der Waals surface area contributed by atoms with Gasteiger partial charge in [-0.1, -0.05) is 83.5 Å². The summed E-state index contributed by atoms with van der Waals surface area (Å²) in [6, 6.07) is 14.2. The van der Waals surface area contributed by atoms with Crippen molar-refractivity contribution in [3.63, 3.8) is 0 Å². The number of benzene rings is 2. The van der Waals surface area contributed by atoms with Gasteiger partial charge in [0.25, 0.3) is 5.91 Å². The second-order valence-electron chi connectivity index (χ2n) is 9.27. The Morgan fingerprint density at radius 1 is 1.00 bits per heavy atom. The first kappa shape index (κ1) is 25.7. The number of para-hydroxylation sites is 1. The highest BCUT2D eigenvalue weighted by molar-refractivity contribution is 8.68. The molecule has 0 aliphatic carbocycles. The van der Waals surface area contributed by atoms with E-state index in [1.807, 2.05) is 37.3 Å². The average Bonchev–Trinajstić information content (AvgIpc) is 2.77. The number of carbonyl (C=O) groups excluding carboxylic acids is 1. The minimum atomic E-state index is -0.0908. The van der Waals surface area contributed by atoms with E-state index in [9.17, 15) is 4.79 Å². The topological polar surface area (TPSA) is 29.5 Å². The van der Waals surface area contributed by atoms with Crippen LogP contribution < -0.4 is 9.90 Å². The molecule has 1 amide bonds. The zero-order valence-corrected chi connectivity index (χ0v) is 21.7. The molecule has 0 atom stereocenters. The average molecular weight is 460 g/mol. The van der Waals surface area contributed by atoms with Crippen molar-refractivity contribution >= 4 is 34.0 Å². The summed E-state index contributed by atoms with van der Waals surface area (Å²) in [6.07, 6.45) is 3.18. The molecule has 0 aliphatic rings. The highest BCUT2D eigenvalue weighted by Gasteiger charge is 2.29. The van der Waals surface area contributed by atoms with Gasteiger partial charge in [-0.25, -0.2) is 0 Å². The molecule has 0 aromatic heterocycles. The largest absolute Gasteiger partial charge is 0.372 e. The molecule has 2 aromatic carbocycles. The summed E-state index contributed by atoms with van der Waals surface area (Å²) in [5.74, 6) is 0.668. The van der Waals surface area contributed by atoms with Gasteiger partial charge in [-0.3, -0.25) is 4.79 Å². The van der Waals surface area contributed by atoms with E-state index in [2.05, 4.69) is 65.3 Å². The second kappa shape index (κ2) is 10.8. The molecule has 31 heavy (non-hydrogen) atoms. The van der Waals surface area contributed by atoms with Crippen LogP contribution in [0.25, 0.3) is 0 Å². The first-order valence-corrected chi connectivity index (χ1v) is 13.0. The van der Waals surface area contributed by atoms with Gasteiger partial charge >= 0.3 is 0 Å². The van der Waals surface area contributed by atoms with Crippen molar-refractivity contribution < 1.29 is 9.63 Å². The fraction of sp³-hybridized carbons (Fsp3) is 0.500. The quantitative estimate of drug-likeness (QED) is 0.221. The third-order valence-electron chi connectivity index (χ3n) is 6.32. The Labute approximate surface area is 197 Å². The van der Waals surface area contributed by atoms with E-state index >= 15 is 0 Å². The van der Waals surface area contributed by atoms with Gasteiger partial charge in [0.1, 0.15) is 0 Å². The molecule has 0 saturated carbocycles. The minimum absolute atomic E-state index is 0.0597. The van der Waals surface area contributed by atoms with E-state index in [0.29, 0.717) is 6.42 Å². The van der Waals surface area contributed by atoms with Crippen LogP contribution in [0.3, 0.4) is 0 Å². The molecular weight excluding hydrogens is 422 g/mol. The fourth-order valence-corrected chi connectivity index (χ4v) is 4.15. The van der Waals surface area contributed by atoms with Crippen molar-refractivity contribution in [2.45, 2.75) is 89.9 Å². The predicted octanol–water partition coefficient (Wildman–Crippen LogP) is 8.13. The van der Waals surface area contributed by atoms with Crippen LogP contribution in [0, 0.1) is 0 Å². The summed E-state index contributed by atoms with van der Waals surface area (Å²) < 4.78 is 0. The number of rotatable bonds is 10. The highest BCUT2D eigenvalue weighted by atomic mass is 33.1. The Morgan fingerprint density at radius 3 is 2.23 bits per heavy atom. The number of nitrogens with zero attached hydrogens (tertiary/aromatic N) is 1. The van der Waals surface area contributed by atoms with E-state index in [-0.39, 0.29) is 16.7 Å². The van der Waals surface area contributed by atoms with Gasteiger partial charge in [-0.05, 0) is 53.9 Å². The van der Waals surface area contributed by atoms with Gasteiger partial charge in [-0.15, -0.1) is 16.7 Å². The Hall–Kier alpha value is -1.59. The molecule has 2 rings (SSSR count). The van der Waals surface area contributed by atoms with Gasteiger partial charge in [-0.2, -0.15) is 0 Å². The molecule has 2 aromatic rings. The smallest absolute Gasteiger partial charge is 0.259 e. The first-order valence-electron chi connectivity index (χ1n) is 11.2. The number of carbonyl (C=O) groups is 1. The lowest BCUT2D eigenvalue weighted by atomic mass is 9.76. The van der Waals surface area contributed by atoms with Crippen molar-refractivity contribution in [1.29, 1.82) is 0 Å². The fourth-order valence-electron chi connectivity index (χ4n) is 3.30. The van der Waals surface area contributed by atoms with Crippen molar-refractivity contribution in [2.75, 3.05) is 5.06 Å². The van der Waals surface area contributed by atoms with Gasteiger partial charge < -0.3 is 4.84 Å². The van der Waals surface area contributed by atoms with Crippen LogP contribution in [0.2, 0.25) is 0 Å². The van der Waals surface area contributed by atoms with Gasteiger partial charge in [0.2, 0.25) is 0 Å². The van der Waals surface area contributed by atoms with Crippen LogP contribution >= 0.6 is 22.5 Å². The van der Waals surface area contributed by atoms with Crippen LogP contribution in [0.5, 0.6) is 5.75 Å². The highest BCUT2D eigenvalue weighted by Crippen LogP contribution is 2.40. The number of amides is 1. The first-order chi connectivity index (χ1) is 14.6. The van der Waals surface area contributed by atoms with Gasteiger partial charge in [0.05, 0.1) is 5.69 Å². The molecule has 0 radical (unpaired) electrons. The molecule has 170 valence electrons. The molecule has 3 nitrogen and oxygen atoms in total. The maximum Gasteiger partial charge on any atom is 0.259 e. The Bertz CT molecular complexity index is 893. The van der Waals surface area contributed by atoms with Crippen LogP contribution in [0.4, 0.5) is 5.69 Å². The summed E-state index contributed by atoms with van der Waals surface area (Å²) in [4.78, 5) is 20.4. The number of hydrogen-bond acceptors (Lipinski definition) is 4. The molecule has 0 fully saturated rings. The lowest BCUT2D eigenvalue weighted by Crippen LogP contribution is -2.35. The molecule has 0 aliphatic heterocycles. The van der Waals surface area contributed by atoms with E-state index in [1.165, 1.54) is 21.4 Å². The number of hydroxylamine groups is 1. The van der Waals surface area contributed by atoms with Crippen molar-refractivity contribution in [2.24, 2.45) is 0 Å². The number of thiol groups is 1. The van der Waals surface area contributed by atoms with E-state index in [0.717, 1.165) is 41.2 Å². The molecule has 0 heterocycles. The van der Waals surface area contributed by atoms with Crippen molar-refractivity contribution in [3.05, 3.63) is 53.6 Å². The Morgan fingerprint density at radius 2 is 1.65 bits per heavy atom. The second-order valence-corrected chi connectivity index (χ2v) is 10.4. The van der Waals surface area contributed by atoms with Crippen molar-refractivity contribution in [1.82, 2.24) is 0 Å². The Kier molecular flexibility index (Phi) is 8.96. The third kappa shape index (κ3) is 6.01. The molecule has 0 unspecified atom stereocenters. The van der Waals surface area contributed by atoms with Crippen LogP contribution in [-0.2, 0) is 15.6 Å². The van der Waals surface area contributed by atoms with E-state index in [4.69, 9.17) is 4.84 Å². The Balaban J connectivity index is 2.61. The molecule has 0 saturated heterocycles. The summed E-state index contributed by atoms with van der Waals surface area (Å²) in [5, 5.41) is 1.46. The molecule has 0 spiro atoms. The number of hydrogen-bond donors (Lipinski definition) is 1. The third-order valence-corrected chi connectivity index (χ3v) is 7.45. The van der Waals surface area contributed by atoms with E-state index in [1.54, 1.807) is 0 Å². The predicted molar refractivity (Wildman–Crippen MR) is 137 cm³/mol. The molecule has 5 heteroatoms. The molecule has 0 N–H and O–H groups in total. The van der Waals surface area contributed by atoms with Crippen LogP contribution in [-0.4, -0.2) is 5.91 Å². The van der Waals surface area contributed by atoms with Gasteiger partial charge in [0, 0.05) is 16.9 Å². The van der Waals surface area contributed by atoms with E-state index < -0.39 is 0 Å². The summed E-state index contributed by atoms with van der Waals surface area (Å²) in [7, 11) is 1.31. The van der Waals surface area contributed by atoms with Crippen LogP contribution in [0.1, 0.15) is 85.3 Å². The number of anilines is 1. The zero-order chi connectivity index (χ0) is 23.2. The maximum absolute atomic E-state index is 13.1. The molecule has 0 bridgehead atoms. The summed E-state index contributed by atoms with van der Waals surface area (Å²) in [5.41, 5.74) is 3.12. The monoisotopic (exact) mass is 459 g/mol. The SMILES string of the molecule is CCCC(=O)N(Oc1ccc(C(C)(C)CC)cc1C(C)(C)CC)c1ccccc1SS. The summed E-state index contributed by atoms with van der Waals surface area (Å²) >= 11 is 4.38.